The molecule has 1 aromatic heterocycles. The molecule has 0 saturated carbocycles. The van der Waals surface area contributed by atoms with Gasteiger partial charge in [0.15, 0.2) is 0 Å². The van der Waals surface area contributed by atoms with E-state index in [0.717, 1.165) is 37.6 Å². The first kappa shape index (κ1) is 17.4. The van der Waals surface area contributed by atoms with Gasteiger partial charge in [0.1, 0.15) is 5.69 Å². The minimum Gasteiger partial charge on any atom is -0.335 e. The fourth-order valence-electron chi connectivity index (χ4n) is 2.85. The van der Waals surface area contributed by atoms with Crippen molar-refractivity contribution in [1.29, 1.82) is 0 Å². The first-order chi connectivity index (χ1) is 11.9. The van der Waals surface area contributed by atoms with Crippen molar-refractivity contribution in [3.05, 3.63) is 46.8 Å². The fourth-order valence-corrected chi connectivity index (χ4v) is 2.85. The second-order valence-corrected chi connectivity index (χ2v) is 6.74. The number of likely N-dealkylation sites (N-methyl/N-ethyl adjacent to an activating group) is 1. The van der Waals surface area contributed by atoms with Crippen molar-refractivity contribution in [3.8, 4) is 0 Å². The molecule has 2 aromatic rings. The van der Waals surface area contributed by atoms with E-state index in [1.807, 2.05) is 17.9 Å². The third-order valence-corrected chi connectivity index (χ3v) is 4.63. The molecule has 1 saturated heterocycles. The van der Waals surface area contributed by atoms with Gasteiger partial charge in [-0.1, -0.05) is 6.07 Å². The molecule has 1 N–H and O–H groups in total. The van der Waals surface area contributed by atoms with E-state index < -0.39 is 0 Å². The monoisotopic (exact) mass is 339 g/mol. The van der Waals surface area contributed by atoms with Crippen molar-refractivity contribution in [1.82, 2.24) is 19.8 Å². The number of nitrogens with zero attached hydrogens (tertiary/aromatic N) is 4. The van der Waals surface area contributed by atoms with Crippen LogP contribution in [0.15, 0.2) is 24.3 Å². The van der Waals surface area contributed by atoms with Gasteiger partial charge in [-0.05, 0) is 57.1 Å². The number of aryl methyl sites for hydroxylation is 3. The van der Waals surface area contributed by atoms with E-state index in [4.69, 9.17) is 0 Å². The minimum absolute atomic E-state index is 0.0262. The van der Waals surface area contributed by atoms with Gasteiger partial charge in [0.05, 0.1) is 0 Å². The van der Waals surface area contributed by atoms with E-state index in [9.17, 15) is 4.79 Å². The highest BCUT2D eigenvalue weighted by Crippen LogP contribution is 2.18. The lowest BCUT2D eigenvalue weighted by atomic mass is 10.1. The molecule has 1 fully saturated rings. The van der Waals surface area contributed by atoms with E-state index in [2.05, 4.69) is 53.2 Å². The minimum atomic E-state index is -0.0262. The Kier molecular flexibility index (Phi) is 4.99. The van der Waals surface area contributed by atoms with Crippen LogP contribution in [-0.4, -0.2) is 58.9 Å². The molecule has 0 radical (unpaired) electrons. The van der Waals surface area contributed by atoms with Gasteiger partial charge in [-0.3, -0.25) is 4.79 Å². The first-order valence-corrected chi connectivity index (χ1v) is 8.60. The predicted molar refractivity (Wildman–Crippen MR) is 99.4 cm³/mol. The Labute approximate surface area is 148 Å². The SMILES string of the molecule is Cc1cc(C(=O)N2CCN(C)CC2)nc(Nc2ccc(C)c(C)c2)n1. The van der Waals surface area contributed by atoms with Crippen LogP contribution in [0, 0.1) is 20.8 Å². The molecule has 2 heterocycles. The molecule has 1 aliphatic rings. The van der Waals surface area contributed by atoms with Crippen LogP contribution in [0.3, 0.4) is 0 Å². The van der Waals surface area contributed by atoms with Crippen molar-refractivity contribution in [2.75, 3.05) is 38.5 Å². The molecule has 3 rings (SSSR count). The Hall–Kier alpha value is -2.47. The number of carbonyl (C=O) groups excluding carboxylic acids is 1. The summed E-state index contributed by atoms with van der Waals surface area (Å²) in [6.07, 6.45) is 0. The standard InChI is InChI=1S/C19H25N5O/c1-13-5-6-16(11-14(13)2)21-19-20-15(3)12-17(22-19)18(25)24-9-7-23(4)8-10-24/h5-6,11-12H,7-10H2,1-4H3,(H,20,21,22). The van der Waals surface area contributed by atoms with Crippen molar-refractivity contribution in [3.63, 3.8) is 0 Å². The average Bonchev–Trinajstić information content (AvgIpc) is 2.58. The highest BCUT2D eigenvalue weighted by atomic mass is 16.2. The number of nitrogens with one attached hydrogen (secondary N) is 1. The molecule has 0 aliphatic carbocycles. The molecular weight excluding hydrogens is 314 g/mol. The summed E-state index contributed by atoms with van der Waals surface area (Å²) in [5.74, 6) is 0.433. The van der Waals surface area contributed by atoms with Crippen LogP contribution in [-0.2, 0) is 0 Å². The van der Waals surface area contributed by atoms with Gasteiger partial charge >= 0.3 is 0 Å². The van der Waals surface area contributed by atoms with E-state index in [1.54, 1.807) is 6.07 Å². The maximum absolute atomic E-state index is 12.8. The largest absolute Gasteiger partial charge is 0.335 e. The molecule has 0 bridgehead atoms. The normalized spacial score (nSPS) is 15.3. The van der Waals surface area contributed by atoms with E-state index >= 15 is 0 Å². The number of anilines is 2. The number of piperazine rings is 1. The quantitative estimate of drug-likeness (QED) is 0.931. The third-order valence-electron chi connectivity index (χ3n) is 4.63. The van der Waals surface area contributed by atoms with Crippen LogP contribution in [0.1, 0.15) is 27.3 Å². The van der Waals surface area contributed by atoms with Gasteiger partial charge in [-0.25, -0.2) is 9.97 Å². The molecule has 1 amide bonds. The molecule has 0 unspecified atom stereocenters. The number of amides is 1. The van der Waals surface area contributed by atoms with Crippen LogP contribution >= 0.6 is 0 Å². The lowest BCUT2D eigenvalue weighted by Crippen LogP contribution is -2.47. The molecular formula is C19H25N5O. The fraction of sp³-hybridized carbons (Fsp3) is 0.421. The zero-order valence-corrected chi connectivity index (χ0v) is 15.3. The smallest absolute Gasteiger partial charge is 0.272 e. The molecule has 25 heavy (non-hydrogen) atoms. The van der Waals surface area contributed by atoms with Gasteiger partial charge in [0.25, 0.3) is 5.91 Å². The van der Waals surface area contributed by atoms with Crippen LogP contribution in [0.2, 0.25) is 0 Å². The summed E-state index contributed by atoms with van der Waals surface area (Å²) in [6.45, 7) is 9.28. The predicted octanol–water partition coefficient (Wildman–Crippen LogP) is 2.53. The summed E-state index contributed by atoms with van der Waals surface area (Å²) >= 11 is 0. The summed E-state index contributed by atoms with van der Waals surface area (Å²) in [5.41, 5.74) is 4.59. The maximum Gasteiger partial charge on any atom is 0.272 e. The summed E-state index contributed by atoms with van der Waals surface area (Å²) in [4.78, 5) is 25.7. The molecule has 132 valence electrons. The zero-order valence-electron chi connectivity index (χ0n) is 15.3. The Morgan fingerprint density at radius 3 is 2.40 bits per heavy atom. The van der Waals surface area contributed by atoms with Gasteiger partial charge in [-0.2, -0.15) is 0 Å². The lowest BCUT2D eigenvalue weighted by Gasteiger charge is -2.32. The van der Waals surface area contributed by atoms with Gasteiger partial charge < -0.3 is 15.1 Å². The highest BCUT2D eigenvalue weighted by Gasteiger charge is 2.22. The highest BCUT2D eigenvalue weighted by molar-refractivity contribution is 5.92. The van der Waals surface area contributed by atoms with Crippen LogP contribution in [0.4, 0.5) is 11.6 Å². The number of rotatable bonds is 3. The molecule has 0 spiro atoms. The van der Waals surface area contributed by atoms with E-state index in [-0.39, 0.29) is 5.91 Å². The van der Waals surface area contributed by atoms with Crippen LogP contribution < -0.4 is 5.32 Å². The zero-order chi connectivity index (χ0) is 18.0. The summed E-state index contributed by atoms with van der Waals surface area (Å²) in [7, 11) is 2.07. The summed E-state index contributed by atoms with van der Waals surface area (Å²) in [5, 5.41) is 3.22. The number of benzene rings is 1. The Morgan fingerprint density at radius 2 is 1.72 bits per heavy atom. The Morgan fingerprint density at radius 1 is 1.00 bits per heavy atom. The van der Waals surface area contributed by atoms with Gasteiger partial charge in [0.2, 0.25) is 5.95 Å². The molecule has 6 nitrogen and oxygen atoms in total. The Balaban J connectivity index is 1.80. The third kappa shape index (κ3) is 4.14. The average molecular weight is 339 g/mol. The summed E-state index contributed by atoms with van der Waals surface area (Å²) in [6, 6.07) is 7.87. The Bertz CT molecular complexity index is 781. The van der Waals surface area contributed by atoms with Crippen molar-refractivity contribution in [2.45, 2.75) is 20.8 Å². The molecule has 1 aliphatic heterocycles. The van der Waals surface area contributed by atoms with Crippen molar-refractivity contribution < 1.29 is 4.79 Å². The topological polar surface area (TPSA) is 61.4 Å². The second kappa shape index (κ2) is 7.19. The number of aromatic nitrogens is 2. The van der Waals surface area contributed by atoms with Gasteiger partial charge in [-0.15, -0.1) is 0 Å². The van der Waals surface area contributed by atoms with Crippen molar-refractivity contribution in [2.24, 2.45) is 0 Å². The molecule has 1 aromatic carbocycles. The summed E-state index contributed by atoms with van der Waals surface area (Å²) < 4.78 is 0. The number of carbonyl (C=O) groups is 1. The molecule has 0 atom stereocenters. The van der Waals surface area contributed by atoms with Gasteiger partial charge in [0, 0.05) is 37.6 Å². The van der Waals surface area contributed by atoms with Crippen molar-refractivity contribution >= 4 is 17.5 Å². The van der Waals surface area contributed by atoms with E-state index in [0.29, 0.717) is 11.6 Å². The lowest BCUT2D eigenvalue weighted by molar-refractivity contribution is 0.0658. The van der Waals surface area contributed by atoms with Crippen LogP contribution in [0.25, 0.3) is 0 Å². The molecule has 6 heteroatoms. The first-order valence-electron chi connectivity index (χ1n) is 8.60. The maximum atomic E-state index is 12.8. The number of hydrogen-bond acceptors (Lipinski definition) is 5. The van der Waals surface area contributed by atoms with E-state index in [1.165, 1.54) is 11.1 Å². The second-order valence-electron chi connectivity index (χ2n) is 6.74. The van der Waals surface area contributed by atoms with Crippen LogP contribution in [0.5, 0.6) is 0 Å². The number of hydrogen-bond donors (Lipinski definition) is 1.